The van der Waals surface area contributed by atoms with E-state index in [2.05, 4.69) is 0 Å². The normalized spacial score (nSPS) is 21.2. The van der Waals surface area contributed by atoms with Gasteiger partial charge in [-0.1, -0.05) is 0 Å². The fourth-order valence-corrected chi connectivity index (χ4v) is 3.83. The van der Waals surface area contributed by atoms with Crippen molar-refractivity contribution in [2.45, 2.75) is 63.7 Å². The number of carbonyl (C=O) groups is 2. The Kier molecular flexibility index (Phi) is 5.41. The molecule has 2 atom stereocenters. The molecule has 4 rings (SSSR count). The van der Waals surface area contributed by atoms with Crippen LogP contribution >= 0.6 is 0 Å². The number of hydrogen-bond donors (Lipinski definition) is 1. The van der Waals surface area contributed by atoms with Gasteiger partial charge in [0.2, 0.25) is 0 Å². The van der Waals surface area contributed by atoms with Crippen molar-refractivity contribution in [1.29, 1.82) is 0 Å². The minimum absolute atomic E-state index is 0.143. The number of aliphatic carboxylic acids is 1. The van der Waals surface area contributed by atoms with Crippen molar-refractivity contribution in [2.24, 2.45) is 0 Å². The highest BCUT2D eigenvalue weighted by atomic mass is 16.6. The molecule has 0 radical (unpaired) electrons. The zero-order chi connectivity index (χ0) is 22.3. The van der Waals surface area contributed by atoms with Crippen LogP contribution in [0.5, 0.6) is 11.5 Å². The molecule has 0 bridgehead atoms. The largest absolute Gasteiger partial charge is 0.497 e. The Morgan fingerprint density at radius 3 is 2.55 bits per heavy atom. The Morgan fingerprint density at radius 2 is 1.94 bits per heavy atom. The second-order valence-electron chi connectivity index (χ2n) is 9.16. The predicted molar refractivity (Wildman–Crippen MR) is 114 cm³/mol. The number of likely N-dealkylation sites (tertiary alicyclic amines) is 1. The summed E-state index contributed by atoms with van der Waals surface area (Å²) in [5, 5.41) is 10.5. The molecule has 2 heterocycles. The molecule has 1 aromatic carbocycles. The first-order chi connectivity index (χ1) is 14.6. The highest BCUT2D eigenvalue weighted by Gasteiger charge is 2.43. The van der Waals surface area contributed by atoms with E-state index in [1.165, 1.54) is 4.90 Å². The zero-order valence-electron chi connectivity index (χ0n) is 18.3. The van der Waals surface area contributed by atoms with Crippen LogP contribution in [-0.2, 0) is 9.53 Å². The van der Waals surface area contributed by atoms with Crippen molar-refractivity contribution in [3.8, 4) is 11.5 Å². The average Bonchev–Trinajstić information content (AvgIpc) is 3.45. The molecule has 1 N–H and O–H groups in total. The molecule has 1 aliphatic carbocycles. The van der Waals surface area contributed by atoms with Crippen LogP contribution in [0.2, 0.25) is 0 Å². The number of nitrogens with zero attached hydrogens (tertiary/aromatic N) is 2. The second kappa shape index (κ2) is 7.90. The van der Waals surface area contributed by atoms with Gasteiger partial charge in [-0.05, 0) is 45.7 Å². The van der Waals surface area contributed by atoms with Gasteiger partial charge < -0.3 is 19.3 Å². The number of carboxylic acid groups (broad SMARTS) is 1. The summed E-state index contributed by atoms with van der Waals surface area (Å²) >= 11 is 0. The molecule has 0 unspecified atom stereocenters. The van der Waals surface area contributed by atoms with Crippen LogP contribution in [0.15, 0.2) is 24.3 Å². The lowest BCUT2D eigenvalue weighted by molar-refractivity contribution is -0.142. The molecular weight excluding hydrogens is 400 g/mol. The minimum Gasteiger partial charge on any atom is -0.497 e. The Hall–Kier alpha value is -3.03. The van der Waals surface area contributed by atoms with Crippen LogP contribution in [0.3, 0.4) is 0 Å². The van der Waals surface area contributed by atoms with Crippen LogP contribution in [0, 0.1) is 0 Å². The first-order valence-corrected chi connectivity index (χ1v) is 10.5. The number of carbonyl (C=O) groups excluding carboxylic acids is 1. The number of carboxylic acids is 1. The third-order valence-corrected chi connectivity index (χ3v) is 5.46. The molecule has 0 spiro atoms. The van der Waals surface area contributed by atoms with Gasteiger partial charge in [0, 0.05) is 35.6 Å². The van der Waals surface area contributed by atoms with E-state index in [1.807, 2.05) is 24.3 Å². The van der Waals surface area contributed by atoms with Crippen molar-refractivity contribution < 1.29 is 28.9 Å². The lowest BCUT2D eigenvalue weighted by Crippen LogP contribution is -2.43. The Labute approximate surface area is 181 Å². The van der Waals surface area contributed by atoms with E-state index in [0.717, 1.165) is 29.4 Å². The predicted octanol–water partition coefficient (Wildman–Crippen LogP) is 3.96. The van der Waals surface area contributed by atoms with Crippen LogP contribution in [0.25, 0.3) is 10.9 Å². The van der Waals surface area contributed by atoms with Crippen molar-refractivity contribution >= 4 is 23.0 Å². The number of methoxy groups -OCH3 is 1. The Morgan fingerprint density at radius 1 is 1.19 bits per heavy atom. The summed E-state index contributed by atoms with van der Waals surface area (Å²) in [5.41, 5.74) is 1.03. The lowest BCUT2D eigenvalue weighted by Gasteiger charge is -2.26. The van der Waals surface area contributed by atoms with E-state index in [4.69, 9.17) is 19.2 Å². The lowest BCUT2D eigenvalue weighted by atomic mass is 10.1. The molecular formula is C23H28N2O6. The molecule has 1 aliphatic heterocycles. The van der Waals surface area contributed by atoms with Crippen molar-refractivity contribution in [2.75, 3.05) is 13.7 Å². The monoisotopic (exact) mass is 428 g/mol. The summed E-state index contributed by atoms with van der Waals surface area (Å²) in [6.07, 6.45) is 1.27. The van der Waals surface area contributed by atoms with Crippen LogP contribution in [-0.4, -0.2) is 58.5 Å². The Bertz CT molecular complexity index is 1010. The standard InChI is InChI=1S/C23H28N2O6/c1-23(2,3)31-22(28)25-12-15(10-19(25)21(26)27)30-20-11-17(13-5-6-13)24-18-9-14(29-4)7-8-16(18)20/h7-9,11,13,15,19H,5-6,10,12H2,1-4H3,(H,26,27)/t15-,19+/m1/s1. The molecule has 1 amide bonds. The van der Waals surface area contributed by atoms with E-state index in [-0.39, 0.29) is 13.0 Å². The van der Waals surface area contributed by atoms with Crippen LogP contribution < -0.4 is 9.47 Å². The maximum absolute atomic E-state index is 12.6. The van der Waals surface area contributed by atoms with E-state index >= 15 is 0 Å². The number of ether oxygens (including phenoxy) is 3. The molecule has 2 aliphatic rings. The van der Waals surface area contributed by atoms with Crippen LogP contribution in [0.1, 0.15) is 51.6 Å². The summed E-state index contributed by atoms with van der Waals surface area (Å²) in [5.74, 6) is 0.711. The van der Waals surface area contributed by atoms with E-state index < -0.39 is 29.8 Å². The molecule has 1 saturated heterocycles. The van der Waals surface area contributed by atoms with Gasteiger partial charge in [0.1, 0.15) is 29.2 Å². The third kappa shape index (κ3) is 4.68. The maximum atomic E-state index is 12.6. The molecule has 2 aromatic rings. The second-order valence-corrected chi connectivity index (χ2v) is 9.16. The first kappa shape index (κ1) is 21.2. The van der Waals surface area contributed by atoms with E-state index in [0.29, 0.717) is 17.4 Å². The van der Waals surface area contributed by atoms with Gasteiger partial charge in [-0.3, -0.25) is 9.88 Å². The summed E-state index contributed by atoms with van der Waals surface area (Å²) in [6.45, 7) is 5.40. The number of amides is 1. The number of pyridine rings is 1. The van der Waals surface area contributed by atoms with Crippen molar-refractivity contribution in [1.82, 2.24) is 9.88 Å². The van der Waals surface area contributed by atoms with Gasteiger partial charge in [0.15, 0.2) is 0 Å². The van der Waals surface area contributed by atoms with Gasteiger partial charge in [-0.25, -0.2) is 9.59 Å². The SMILES string of the molecule is COc1ccc2c(O[C@@H]3C[C@@H](C(=O)O)N(C(=O)OC(C)(C)C)C3)cc(C3CC3)nc2c1. The molecule has 8 heteroatoms. The topological polar surface area (TPSA) is 98.2 Å². The van der Waals surface area contributed by atoms with Gasteiger partial charge in [-0.2, -0.15) is 0 Å². The van der Waals surface area contributed by atoms with Crippen molar-refractivity contribution in [3.63, 3.8) is 0 Å². The highest BCUT2D eigenvalue weighted by molar-refractivity contribution is 5.87. The quantitative estimate of drug-likeness (QED) is 0.770. The molecule has 1 aromatic heterocycles. The van der Waals surface area contributed by atoms with Gasteiger partial charge in [-0.15, -0.1) is 0 Å². The number of benzene rings is 1. The summed E-state index contributed by atoms with van der Waals surface area (Å²) < 4.78 is 17.0. The number of aromatic nitrogens is 1. The van der Waals surface area contributed by atoms with E-state index in [1.54, 1.807) is 27.9 Å². The maximum Gasteiger partial charge on any atom is 0.411 e. The summed E-state index contributed by atoms with van der Waals surface area (Å²) in [7, 11) is 1.61. The summed E-state index contributed by atoms with van der Waals surface area (Å²) in [6, 6.07) is 6.56. The highest BCUT2D eigenvalue weighted by Crippen LogP contribution is 2.42. The van der Waals surface area contributed by atoms with Crippen LogP contribution in [0.4, 0.5) is 4.79 Å². The zero-order valence-corrected chi connectivity index (χ0v) is 18.3. The van der Waals surface area contributed by atoms with E-state index in [9.17, 15) is 14.7 Å². The first-order valence-electron chi connectivity index (χ1n) is 10.5. The molecule has 1 saturated carbocycles. The number of fused-ring (bicyclic) bond motifs is 1. The number of rotatable bonds is 5. The van der Waals surface area contributed by atoms with Gasteiger partial charge in [0.25, 0.3) is 0 Å². The number of hydrogen-bond acceptors (Lipinski definition) is 6. The molecule has 31 heavy (non-hydrogen) atoms. The van der Waals surface area contributed by atoms with Gasteiger partial charge in [0.05, 0.1) is 19.2 Å². The van der Waals surface area contributed by atoms with Gasteiger partial charge >= 0.3 is 12.1 Å². The smallest absolute Gasteiger partial charge is 0.411 e. The third-order valence-electron chi connectivity index (χ3n) is 5.46. The molecule has 166 valence electrons. The molecule has 2 fully saturated rings. The average molecular weight is 428 g/mol. The van der Waals surface area contributed by atoms with Crippen molar-refractivity contribution in [3.05, 3.63) is 30.0 Å². The molecule has 8 nitrogen and oxygen atoms in total. The minimum atomic E-state index is -1.07. The fourth-order valence-electron chi connectivity index (χ4n) is 3.83. The summed E-state index contributed by atoms with van der Waals surface area (Å²) in [4.78, 5) is 30.4. The fraction of sp³-hybridized carbons (Fsp3) is 0.522. The Balaban J connectivity index is 1.61.